The van der Waals surface area contributed by atoms with Crippen molar-refractivity contribution in [1.82, 2.24) is 4.90 Å². The van der Waals surface area contributed by atoms with E-state index >= 15 is 0 Å². The number of allylic oxidation sites excluding steroid dienone is 2. The maximum absolute atomic E-state index is 12.8. The van der Waals surface area contributed by atoms with Crippen molar-refractivity contribution in [3.8, 4) is 0 Å². The molecule has 1 N–H and O–H groups in total. The van der Waals surface area contributed by atoms with Crippen LogP contribution in [0.25, 0.3) is 0 Å². The largest absolute Gasteiger partial charge is 0.481 e. The van der Waals surface area contributed by atoms with Gasteiger partial charge in [-0.2, -0.15) is 0 Å². The van der Waals surface area contributed by atoms with Gasteiger partial charge in [0.25, 0.3) is 0 Å². The molecule has 5 nitrogen and oxygen atoms in total. The summed E-state index contributed by atoms with van der Waals surface area (Å²) in [6.07, 6.45) is 6.08. The monoisotopic (exact) mass is 335 g/mol. The molecule has 24 heavy (non-hydrogen) atoms. The maximum atomic E-state index is 12.8. The van der Waals surface area contributed by atoms with Crippen LogP contribution in [0.15, 0.2) is 11.3 Å². The van der Waals surface area contributed by atoms with E-state index in [-0.39, 0.29) is 12.5 Å². The molecule has 134 valence electrons. The van der Waals surface area contributed by atoms with Gasteiger partial charge in [-0.25, -0.2) is 4.79 Å². The van der Waals surface area contributed by atoms with Gasteiger partial charge in [0.05, 0.1) is 0 Å². The molecule has 3 rings (SSSR count). The highest BCUT2D eigenvalue weighted by Gasteiger charge is 2.46. The third-order valence-corrected chi connectivity index (χ3v) is 5.59. The zero-order valence-corrected chi connectivity index (χ0v) is 15.0. The lowest BCUT2D eigenvalue weighted by Gasteiger charge is -2.34. The number of aliphatic carboxylic acids is 1. The Morgan fingerprint density at radius 3 is 2.71 bits per heavy atom. The zero-order valence-electron chi connectivity index (χ0n) is 15.0. The molecule has 0 aliphatic heterocycles. The van der Waals surface area contributed by atoms with Crippen molar-refractivity contribution in [2.45, 2.75) is 71.3 Å². The molecule has 2 saturated carbocycles. The Hall–Kier alpha value is -1.52. The van der Waals surface area contributed by atoms with Crippen LogP contribution < -0.4 is 0 Å². The van der Waals surface area contributed by atoms with Gasteiger partial charge < -0.3 is 9.84 Å². The van der Waals surface area contributed by atoms with Crippen molar-refractivity contribution >= 4 is 12.1 Å². The lowest BCUT2D eigenvalue weighted by Crippen LogP contribution is -2.39. The summed E-state index contributed by atoms with van der Waals surface area (Å²) < 4.78 is 5.61. The lowest BCUT2D eigenvalue weighted by atomic mass is 9.86. The molecular weight excluding hydrogens is 306 g/mol. The second-order valence-electron chi connectivity index (χ2n) is 8.55. The van der Waals surface area contributed by atoms with Crippen molar-refractivity contribution in [2.75, 3.05) is 6.54 Å². The van der Waals surface area contributed by atoms with Crippen molar-refractivity contribution < 1.29 is 19.4 Å². The second kappa shape index (κ2) is 6.41. The predicted molar refractivity (Wildman–Crippen MR) is 90.4 cm³/mol. The van der Waals surface area contributed by atoms with Crippen LogP contribution in [0.3, 0.4) is 0 Å². The van der Waals surface area contributed by atoms with Gasteiger partial charge >= 0.3 is 12.1 Å². The quantitative estimate of drug-likeness (QED) is 0.818. The molecule has 0 aromatic rings. The van der Waals surface area contributed by atoms with Crippen LogP contribution >= 0.6 is 0 Å². The number of carboxylic acids is 1. The fraction of sp³-hybridized carbons (Fsp3) is 0.789. The highest BCUT2D eigenvalue weighted by Crippen LogP contribution is 2.56. The van der Waals surface area contributed by atoms with Crippen LogP contribution in [0.4, 0.5) is 4.79 Å². The summed E-state index contributed by atoms with van der Waals surface area (Å²) in [5, 5.41) is 8.91. The zero-order chi connectivity index (χ0) is 17.5. The Morgan fingerprint density at radius 2 is 2.04 bits per heavy atom. The van der Waals surface area contributed by atoms with Gasteiger partial charge in [0.2, 0.25) is 0 Å². The molecule has 5 heteroatoms. The fourth-order valence-corrected chi connectivity index (χ4v) is 4.77. The molecule has 3 atom stereocenters. The minimum Gasteiger partial charge on any atom is -0.481 e. The summed E-state index contributed by atoms with van der Waals surface area (Å²) in [4.78, 5) is 25.4. The van der Waals surface area contributed by atoms with Gasteiger partial charge in [-0.15, -0.1) is 0 Å². The Morgan fingerprint density at radius 1 is 1.29 bits per heavy atom. The smallest absolute Gasteiger partial charge is 0.414 e. The van der Waals surface area contributed by atoms with E-state index in [2.05, 4.69) is 0 Å². The first-order valence-electron chi connectivity index (χ1n) is 9.19. The average Bonchev–Trinajstić information content (AvgIpc) is 2.96. The van der Waals surface area contributed by atoms with E-state index in [4.69, 9.17) is 9.84 Å². The summed E-state index contributed by atoms with van der Waals surface area (Å²) >= 11 is 0. The summed E-state index contributed by atoms with van der Waals surface area (Å²) in [6, 6.07) is 0. The molecule has 0 spiro atoms. The lowest BCUT2D eigenvalue weighted by molar-refractivity contribution is -0.137. The Kier molecular flexibility index (Phi) is 4.63. The number of ether oxygens (including phenoxy) is 1. The average molecular weight is 335 g/mol. The van der Waals surface area contributed by atoms with E-state index in [1.165, 1.54) is 24.8 Å². The number of amides is 1. The van der Waals surface area contributed by atoms with Crippen LogP contribution in [-0.2, 0) is 9.53 Å². The molecule has 3 aliphatic rings. The minimum absolute atomic E-state index is 0.0807. The van der Waals surface area contributed by atoms with Crippen LogP contribution in [0.5, 0.6) is 0 Å². The summed E-state index contributed by atoms with van der Waals surface area (Å²) in [5.41, 5.74) is 2.06. The Balaban J connectivity index is 1.81. The molecule has 2 bridgehead atoms. The molecule has 0 aromatic carbocycles. The molecule has 0 radical (unpaired) electrons. The highest BCUT2D eigenvalue weighted by molar-refractivity contribution is 5.71. The molecule has 0 heterocycles. The van der Waals surface area contributed by atoms with Gasteiger partial charge in [-0.3, -0.25) is 9.69 Å². The fourth-order valence-electron chi connectivity index (χ4n) is 4.77. The molecule has 2 fully saturated rings. The van der Waals surface area contributed by atoms with Crippen LogP contribution in [-0.4, -0.2) is 34.2 Å². The van der Waals surface area contributed by atoms with E-state index in [9.17, 15) is 9.59 Å². The summed E-state index contributed by atoms with van der Waals surface area (Å²) in [7, 11) is 0. The van der Waals surface area contributed by atoms with Crippen LogP contribution in [0, 0.1) is 17.8 Å². The molecule has 0 saturated heterocycles. The first-order valence-corrected chi connectivity index (χ1v) is 9.19. The van der Waals surface area contributed by atoms with E-state index in [0.717, 1.165) is 24.5 Å². The molecule has 3 aliphatic carbocycles. The van der Waals surface area contributed by atoms with Crippen molar-refractivity contribution in [3.05, 3.63) is 11.3 Å². The summed E-state index contributed by atoms with van der Waals surface area (Å²) in [6.45, 7) is 6.04. The minimum atomic E-state index is -0.818. The number of carbonyl (C=O) groups excluding carboxylic acids is 1. The number of carboxylic acid groups (broad SMARTS) is 1. The van der Waals surface area contributed by atoms with Gasteiger partial charge in [0.1, 0.15) is 5.60 Å². The first-order chi connectivity index (χ1) is 11.2. The number of hydrogen-bond acceptors (Lipinski definition) is 3. The summed E-state index contributed by atoms with van der Waals surface area (Å²) in [5.74, 6) is 1.33. The molecule has 3 unspecified atom stereocenters. The van der Waals surface area contributed by atoms with Gasteiger partial charge in [-0.1, -0.05) is 0 Å². The van der Waals surface area contributed by atoms with Crippen molar-refractivity contribution in [3.63, 3.8) is 0 Å². The van der Waals surface area contributed by atoms with E-state index < -0.39 is 11.6 Å². The third-order valence-electron chi connectivity index (χ3n) is 5.59. The Bertz CT molecular complexity index is 560. The van der Waals surface area contributed by atoms with E-state index in [1.54, 1.807) is 4.90 Å². The SMILES string of the molecule is CC(C)(C)OC(=O)N(CCCC(=O)O)C1=C2CCC3CC(C1)CC23. The molecule has 1 amide bonds. The topological polar surface area (TPSA) is 66.8 Å². The molecule has 0 aromatic heterocycles. The number of fused-ring (bicyclic) bond motifs is 1. The second-order valence-corrected chi connectivity index (χ2v) is 8.55. The molecular formula is C19H29NO4. The number of hydrogen-bond donors (Lipinski definition) is 1. The number of carbonyl (C=O) groups is 2. The van der Waals surface area contributed by atoms with Gasteiger partial charge in [-0.05, 0) is 82.6 Å². The predicted octanol–water partition coefficient (Wildman–Crippen LogP) is 4.18. The van der Waals surface area contributed by atoms with Gasteiger partial charge in [0.15, 0.2) is 0 Å². The Labute approximate surface area is 144 Å². The van der Waals surface area contributed by atoms with Crippen molar-refractivity contribution in [2.24, 2.45) is 17.8 Å². The maximum Gasteiger partial charge on any atom is 0.414 e. The standard InChI is InChI=1S/C19H29NO4/c1-19(2,3)24-18(23)20(8-4-5-17(21)22)16-11-12-9-13-6-7-14(16)15(13)10-12/h12-13,15H,4-11H2,1-3H3,(H,21,22). The number of nitrogens with zero attached hydrogens (tertiary/aromatic N) is 1. The first kappa shape index (κ1) is 17.3. The van der Waals surface area contributed by atoms with Crippen molar-refractivity contribution in [1.29, 1.82) is 0 Å². The van der Waals surface area contributed by atoms with E-state index in [0.29, 0.717) is 24.8 Å². The third kappa shape index (κ3) is 3.60. The van der Waals surface area contributed by atoms with Crippen LogP contribution in [0.1, 0.15) is 65.7 Å². The van der Waals surface area contributed by atoms with Crippen LogP contribution in [0.2, 0.25) is 0 Å². The van der Waals surface area contributed by atoms with Gasteiger partial charge in [0, 0.05) is 18.7 Å². The highest BCUT2D eigenvalue weighted by atomic mass is 16.6. The van der Waals surface area contributed by atoms with E-state index in [1.807, 2.05) is 20.8 Å². The normalized spacial score (nSPS) is 28.2. The number of rotatable bonds is 5.